The summed E-state index contributed by atoms with van der Waals surface area (Å²) in [6.45, 7) is 2.34. The maximum Gasteiger partial charge on any atom is 0.304 e. The van der Waals surface area contributed by atoms with E-state index in [0.29, 0.717) is 17.9 Å². The SMILES string of the molecule is O=C(O)CC1CCCCN1CC12CC3CC(CC(C3)C1)C2. The van der Waals surface area contributed by atoms with Crippen molar-refractivity contribution in [1.82, 2.24) is 4.90 Å². The second kappa shape index (κ2) is 5.26. The maximum atomic E-state index is 11.2. The minimum absolute atomic E-state index is 0.309. The van der Waals surface area contributed by atoms with Crippen molar-refractivity contribution in [3.05, 3.63) is 0 Å². The molecule has 1 atom stereocenters. The standard InChI is InChI=1S/C18H29NO2/c20-17(21)8-16-3-1-2-4-19(16)12-18-9-13-5-14(10-18)7-15(6-13)11-18/h13-16H,1-12H2,(H,20,21). The number of rotatable bonds is 4. The molecule has 1 unspecified atom stereocenters. The van der Waals surface area contributed by atoms with Crippen molar-refractivity contribution >= 4 is 5.97 Å². The van der Waals surface area contributed by atoms with E-state index in [0.717, 1.165) is 30.7 Å². The Kier molecular flexibility index (Phi) is 3.52. The molecule has 4 bridgehead atoms. The van der Waals surface area contributed by atoms with Crippen LogP contribution in [0.3, 0.4) is 0 Å². The monoisotopic (exact) mass is 291 g/mol. The first-order valence-corrected chi connectivity index (χ1v) is 9.08. The van der Waals surface area contributed by atoms with Crippen LogP contribution >= 0.6 is 0 Å². The summed E-state index contributed by atoms with van der Waals surface area (Å²) < 4.78 is 0. The molecule has 0 aromatic rings. The summed E-state index contributed by atoms with van der Waals surface area (Å²) in [5, 5.41) is 9.19. The van der Waals surface area contributed by atoms with E-state index >= 15 is 0 Å². The van der Waals surface area contributed by atoms with Crippen molar-refractivity contribution in [2.45, 2.75) is 70.3 Å². The van der Waals surface area contributed by atoms with Gasteiger partial charge in [0.1, 0.15) is 0 Å². The molecule has 0 spiro atoms. The van der Waals surface area contributed by atoms with Crippen molar-refractivity contribution in [2.75, 3.05) is 13.1 Å². The Morgan fingerprint density at radius 2 is 1.67 bits per heavy atom. The van der Waals surface area contributed by atoms with Gasteiger partial charge in [0, 0.05) is 12.6 Å². The number of hydrogen-bond acceptors (Lipinski definition) is 2. The number of carboxylic acid groups (broad SMARTS) is 1. The molecule has 0 amide bonds. The molecular weight excluding hydrogens is 262 g/mol. The fraction of sp³-hybridized carbons (Fsp3) is 0.944. The zero-order valence-electron chi connectivity index (χ0n) is 13.1. The molecule has 5 rings (SSSR count). The van der Waals surface area contributed by atoms with Crippen LogP contribution in [0.25, 0.3) is 0 Å². The maximum absolute atomic E-state index is 11.2. The summed E-state index contributed by atoms with van der Waals surface area (Å²) in [4.78, 5) is 13.7. The van der Waals surface area contributed by atoms with E-state index in [4.69, 9.17) is 0 Å². The zero-order valence-corrected chi connectivity index (χ0v) is 13.1. The van der Waals surface area contributed by atoms with Crippen LogP contribution in [-0.2, 0) is 4.79 Å². The van der Waals surface area contributed by atoms with Gasteiger partial charge in [-0.15, -0.1) is 0 Å². The van der Waals surface area contributed by atoms with Crippen molar-refractivity contribution in [1.29, 1.82) is 0 Å². The fourth-order valence-corrected chi connectivity index (χ4v) is 6.62. The smallest absolute Gasteiger partial charge is 0.304 e. The molecule has 1 N–H and O–H groups in total. The molecule has 0 aromatic carbocycles. The van der Waals surface area contributed by atoms with Gasteiger partial charge in [0.2, 0.25) is 0 Å². The average Bonchev–Trinajstić information content (AvgIpc) is 2.38. The zero-order chi connectivity index (χ0) is 14.4. The van der Waals surface area contributed by atoms with Crippen molar-refractivity contribution < 1.29 is 9.90 Å². The van der Waals surface area contributed by atoms with Gasteiger partial charge in [-0.2, -0.15) is 0 Å². The van der Waals surface area contributed by atoms with Gasteiger partial charge in [0.05, 0.1) is 6.42 Å². The summed E-state index contributed by atoms with van der Waals surface area (Å²) >= 11 is 0. The lowest BCUT2D eigenvalue weighted by Gasteiger charge is -2.58. The van der Waals surface area contributed by atoms with Crippen LogP contribution in [0.1, 0.15) is 64.2 Å². The van der Waals surface area contributed by atoms with E-state index < -0.39 is 5.97 Å². The third kappa shape index (κ3) is 2.74. The number of carbonyl (C=O) groups is 1. The molecule has 118 valence electrons. The van der Waals surface area contributed by atoms with Crippen LogP contribution in [-0.4, -0.2) is 35.1 Å². The van der Waals surface area contributed by atoms with E-state index in [1.54, 1.807) is 0 Å². The highest BCUT2D eigenvalue weighted by atomic mass is 16.4. The quantitative estimate of drug-likeness (QED) is 0.861. The van der Waals surface area contributed by atoms with Gasteiger partial charge in [0.15, 0.2) is 0 Å². The van der Waals surface area contributed by atoms with E-state index in [1.165, 1.54) is 57.9 Å². The highest BCUT2D eigenvalue weighted by Crippen LogP contribution is 2.60. The van der Waals surface area contributed by atoms with E-state index in [9.17, 15) is 9.90 Å². The van der Waals surface area contributed by atoms with Gasteiger partial charge in [0.25, 0.3) is 0 Å². The normalized spacial score (nSPS) is 45.9. The third-order valence-corrected chi connectivity index (χ3v) is 6.86. The van der Waals surface area contributed by atoms with Crippen LogP contribution in [0, 0.1) is 23.2 Å². The lowest BCUT2D eigenvalue weighted by atomic mass is 9.49. The third-order valence-electron chi connectivity index (χ3n) is 6.86. The van der Waals surface area contributed by atoms with Crippen molar-refractivity contribution in [2.24, 2.45) is 23.2 Å². The molecule has 0 aromatic heterocycles. The highest BCUT2D eigenvalue weighted by molar-refractivity contribution is 5.67. The highest BCUT2D eigenvalue weighted by Gasteiger charge is 2.51. The van der Waals surface area contributed by atoms with Gasteiger partial charge in [-0.25, -0.2) is 0 Å². The van der Waals surface area contributed by atoms with Crippen molar-refractivity contribution in [3.63, 3.8) is 0 Å². The Morgan fingerprint density at radius 1 is 1.05 bits per heavy atom. The molecule has 3 heteroatoms. The van der Waals surface area contributed by atoms with Crippen LogP contribution in [0.2, 0.25) is 0 Å². The molecule has 4 aliphatic carbocycles. The summed E-state index contributed by atoms with van der Waals surface area (Å²) in [5.41, 5.74) is 0.558. The topological polar surface area (TPSA) is 40.5 Å². The summed E-state index contributed by atoms with van der Waals surface area (Å²) in [5.74, 6) is 2.38. The van der Waals surface area contributed by atoms with Gasteiger partial charge < -0.3 is 5.11 Å². The van der Waals surface area contributed by atoms with Gasteiger partial charge >= 0.3 is 5.97 Å². The second-order valence-corrected chi connectivity index (χ2v) is 8.64. The molecule has 1 saturated heterocycles. The van der Waals surface area contributed by atoms with Crippen LogP contribution in [0.15, 0.2) is 0 Å². The first kappa shape index (κ1) is 14.0. The molecule has 21 heavy (non-hydrogen) atoms. The molecule has 5 aliphatic rings. The minimum Gasteiger partial charge on any atom is -0.481 e. The number of carboxylic acids is 1. The van der Waals surface area contributed by atoms with E-state index in [-0.39, 0.29) is 0 Å². The number of likely N-dealkylation sites (tertiary alicyclic amines) is 1. The first-order chi connectivity index (χ1) is 10.1. The predicted molar refractivity (Wildman–Crippen MR) is 82.1 cm³/mol. The lowest BCUT2D eigenvalue weighted by molar-refractivity contribution is -0.139. The molecular formula is C18H29NO2. The Balaban J connectivity index is 1.47. The van der Waals surface area contributed by atoms with Crippen molar-refractivity contribution in [3.8, 4) is 0 Å². The second-order valence-electron chi connectivity index (χ2n) is 8.64. The average molecular weight is 291 g/mol. The van der Waals surface area contributed by atoms with E-state index in [1.807, 2.05) is 0 Å². The summed E-state index contributed by atoms with van der Waals surface area (Å²) in [6, 6.07) is 0.309. The number of piperidine rings is 1. The number of aliphatic carboxylic acids is 1. The van der Waals surface area contributed by atoms with Crippen LogP contribution in [0.4, 0.5) is 0 Å². The molecule has 5 fully saturated rings. The Hall–Kier alpha value is -0.570. The van der Waals surface area contributed by atoms with Crippen LogP contribution in [0.5, 0.6) is 0 Å². The molecule has 1 aliphatic heterocycles. The molecule has 0 radical (unpaired) electrons. The number of hydrogen-bond donors (Lipinski definition) is 1. The summed E-state index contributed by atoms with van der Waals surface area (Å²) in [6.07, 6.45) is 12.7. The minimum atomic E-state index is -0.614. The Morgan fingerprint density at radius 3 is 2.24 bits per heavy atom. The largest absolute Gasteiger partial charge is 0.481 e. The fourth-order valence-electron chi connectivity index (χ4n) is 6.62. The Bertz CT molecular complexity index is 384. The Labute approximate surface area is 128 Å². The van der Waals surface area contributed by atoms with Crippen LogP contribution < -0.4 is 0 Å². The number of nitrogens with zero attached hydrogens (tertiary/aromatic N) is 1. The molecule has 4 saturated carbocycles. The van der Waals surface area contributed by atoms with Gasteiger partial charge in [-0.05, 0) is 81.1 Å². The van der Waals surface area contributed by atoms with E-state index in [2.05, 4.69) is 4.90 Å². The van der Waals surface area contributed by atoms with Gasteiger partial charge in [-0.3, -0.25) is 9.69 Å². The predicted octanol–water partition coefficient (Wildman–Crippen LogP) is 3.53. The molecule has 1 heterocycles. The first-order valence-electron chi connectivity index (χ1n) is 9.08. The summed E-state index contributed by atoms with van der Waals surface area (Å²) in [7, 11) is 0. The van der Waals surface area contributed by atoms with Gasteiger partial charge in [-0.1, -0.05) is 6.42 Å². The molecule has 3 nitrogen and oxygen atoms in total. The lowest BCUT2D eigenvalue weighted by Crippen LogP contribution is -2.54.